The number of carbonyl (C=O) groups excluding carboxylic acids is 4. The maximum atomic E-state index is 15.1. The molecule has 0 aliphatic carbocycles. The van der Waals surface area contributed by atoms with Crippen LogP contribution in [0.2, 0.25) is 0 Å². The zero-order valence-corrected chi connectivity index (χ0v) is 44.9. The number of ether oxygens (including phenoxy) is 4. The van der Waals surface area contributed by atoms with E-state index in [-0.39, 0.29) is 61.9 Å². The number of halogens is 3. The molecule has 2 heterocycles. The Morgan fingerprint density at radius 1 is 0.658 bits per heavy atom. The van der Waals surface area contributed by atoms with Gasteiger partial charge in [0.1, 0.15) is 28.6 Å². The summed E-state index contributed by atoms with van der Waals surface area (Å²) < 4.78 is 68.5. The highest BCUT2D eigenvalue weighted by Crippen LogP contribution is 2.39. The summed E-state index contributed by atoms with van der Waals surface area (Å²) >= 11 is 0. The number of unbranched alkanes of at least 4 members (excludes halogenated alkanes) is 1. The Bertz CT molecular complexity index is 2300. The van der Waals surface area contributed by atoms with Crippen LogP contribution in [0.3, 0.4) is 0 Å². The molecule has 0 radical (unpaired) electrons. The Kier molecular flexibility index (Phi) is 21.1. The lowest BCUT2D eigenvalue weighted by atomic mass is 9.95. The Labute approximate surface area is 431 Å². The van der Waals surface area contributed by atoms with Crippen molar-refractivity contribution in [3.05, 3.63) is 88.5 Å². The number of hydrogen-bond donors (Lipinski definition) is 1. The molecule has 402 valence electrons. The number of benzene rings is 3. The number of piperidine rings is 1. The summed E-state index contributed by atoms with van der Waals surface area (Å²) in [6.45, 7) is 22.6. The van der Waals surface area contributed by atoms with E-state index in [1.54, 1.807) is 26.8 Å². The van der Waals surface area contributed by atoms with E-state index in [1.807, 2.05) is 117 Å². The molecule has 2 saturated heterocycles. The zero-order chi connectivity index (χ0) is 53.6. The fourth-order valence-electron chi connectivity index (χ4n) is 8.93. The monoisotopic (exact) mass is 1020 g/mol. The third-order valence-corrected chi connectivity index (χ3v) is 12.4. The van der Waals surface area contributed by atoms with Crippen LogP contribution in [-0.2, 0) is 46.1 Å². The number of amides is 1. The van der Waals surface area contributed by atoms with Crippen LogP contribution in [0.1, 0.15) is 122 Å². The molecule has 0 bridgehead atoms. The largest absolute Gasteiger partial charge is 0.493 e. The van der Waals surface area contributed by atoms with Gasteiger partial charge in [-0.2, -0.15) is 13.2 Å². The Balaban J connectivity index is 1.29. The van der Waals surface area contributed by atoms with E-state index >= 15 is 13.2 Å². The second-order valence-corrected chi connectivity index (χ2v) is 22.2. The number of carbonyl (C=O) groups is 4. The number of alkyl halides is 3. The van der Waals surface area contributed by atoms with Crippen molar-refractivity contribution in [2.75, 3.05) is 78.6 Å². The molecule has 0 saturated carbocycles. The Morgan fingerprint density at radius 2 is 1.22 bits per heavy atom. The fraction of sp³-hybridized carbons (Fsp3) is 0.579. The van der Waals surface area contributed by atoms with Gasteiger partial charge in [-0.1, -0.05) is 67.1 Å². The van der Waals surface area contributed by atoms with E-state index in [9.17, 15) is 19.2 Å². The number of likely N-dealkylation sites (tertiary alicyclic amines) is 1. The molecule has 3 aromatic carbocycles. The van der Waals surface area contributed by atoms with Crippen molar-refractivity contribution < 1.29 is 51.3 Å². The molecule has 0 unspecified atom stereocenters. The number of nitrogens with one attached hydrogen (secondary N) is 1. The van der Waals surface area contributed by atoms with Crippen LogP contribution >= 0.6 is 0 Å². The van der Waals surface area contributed by atoms with Gasteiger partial charge >= 0.3 is 24.1 Å². The predicted octanol–water partition coefficient (Wildman–Crippen LogP) is 9.43. The van der Waals surface area contributed by atoms with Gasteiger partial charge in [0.15, 0.2) is 0 Å². The molecule has 3 aromatic rings. The highest BCUT2D eigenvalue weighted by molar-refractivity contribution is 5.80. The second-order valence-electron chi connectivity index (χ2n) is 22.2. The molecule has 0 spiro atoms. The second kappa shape index (κ2) is 26.3. The number of esters is 3. The smallest absolute Gasteiger partial charge is 0.417 e. The van der Waals surface area contributed by atoms with Gasteiger partial charge in [0.05, 0.1) is 31.8 Å². The number of nitrogens with zero attached hydrogens (tertiary/aromatic N) is 4. The number of rotatable bonds is 18. The zero-order valence-electron chi connectivity index (χ0n) is 44.9. The fourth-order valence-corrected chi connectivity index (χ4v) is 8.93. The lowest BCUT2D eigenvalue weighted by molar-refractivity contribution is -0.163. The minimum absolute atomic E-state index is 0.0498. The molecule has 0 aromatic heterocycles. The van der Waals surface area contributed by atoms with Gasteiger partial charge in [0.2, 0.25) is 5.91 Å². The van der Waals surface area contributed by atoms with Gasteiger partial charge in [-0.3, -0.25) is 38.8 Å². The minimum Gasteiger partial charge on any atom is -0.493 e. The minimum atomic E-state index is -4.69. The Hall–Kier alpha value is -5.29. The van der Waals surface area contributed by atoms with Gasteiger partial charge in [-0.15, -0.1) is 0 Å². The summed E-state index contributed by atoms with van der Waals surface area (Å²) in [5, 5.41) is 3.00. The van der Waals surface area contributed by atoms with Gasteiger partial charge in [0, 0.05) is 57.9 Å². The third kappa shape index (κ3) is 20.2. The maximum absolute atomic E-state index is 15.1. The molecular formula is C57H80F3N5O8. The van der Waals surface area contributed by atoms with Crippen molar-refractivity contribution >= 4 is 36.0 Å². The van der Waals surface area contributed by atoms with Crippen molar-refractivity contribution in [3.8, 4) is 16.9 Å². The van der Waals surface area contributed by atoms with E-state index in [0.29, 0.717) is 77.2 Å². The molecule has 1 N–H and O–H groups in total. The van der Waals surface area contributed by atoms with Crippen LogP contribution in [0.25, 0.3) is 23.3 Å². The first-order chi connectivity index (χ1) is 34.2. The van der Waals surface area contributed by atoms with Crippen LogP contribution in [-0.4, -0.2) is 145 Å². The van der Waals surface area contributed by atoms with Crippen molar-refractivity contribution in [2.24, 2.45) is 0 Å². The van der Waals surface area contributed by atoms with E-state index in [4.69, 9.17) is 18.9 Å². The highest BCUT2D eigenvalue weighted by atomic mass is 19.4. The molecule has 1 atom stereocenters. The molecule has 13 nitrogen and oxygen atoms in total. The maximum Gasteiger partial charge on any atom is 0.417 e. The molecule has 2 aliphatic rings. The first kappa shape index (κ1) is 58.6. The first-order valence-electron chi connectivity index (χ1n) is 25.8. The van der Waals surface area contributed by atoms with E-state index in [0.717, 1.165) is 41.2 Å². The average Bonchev–Trinajstić information content (AvgIpc) is 3.36. The molecule has 5 rings (SSSR count). The first-order valence-corrected chi connectivity index (χ1v) is 25.8. The van der Waals surface area contributed by atoms with Crippen molar-refractivity contribution in [3.63, 3.8) is 0 Å². The lowest BCUT2D eigenvalue weighted by Gasteiger charge is -2.36. The molecule has 1 amide bonds. The summed E-state index contributed by atoms with van der Waals surface area (Å²) in [5.41, 5.74) is 1.15. The Morgan fingerprint density at radius 3 is 1.78 bits per heavy atom. The normalized spacial score (nSPS) is 17.4. The van der Waals surface area contributed by atoms with E-state index < -0.39 is 40.6 Å². The van der Waals surface area contributed by atoms with Gasteiger partial charge in [-0.25, -0.2) is 0 Å². The molecule has 16 heteroatoms. The highest BCUT2D eigenvalue weighted by Gasteiger charge is 2.37. The predicted molar refractivity (Wildman–Crippen MR) is 280 cm³/mol. The summed E-state index contributed by atoms with van der Waals surface area (Å²) in [6, 6.07) is 17.6. The van der Waals surface area contributed by atoms with Gasteiger partial charge in [0.25, 0.3) is 0 Å². The van der Waals surface area contributed by atoms with Crippen LogP contribution in [0, 0.1) is 6.92 Å². The van der Waals surface area contributed by atoms with Gasteiger partial charge < -0.3 is 24.3 Å². The summed E-state index contributed by atoms with van der Waals surface area (Å²) in [6.07, 6.45) is 1.63. The number of hydrogen-bond acceptors (Lipinski definition) is 12. The standard InChI is InChI=1S/C57H80F3N5O8/c1-41-42(21-18-22-46(41)43-19-12-11-13-20-43)24-25-44-36-49(45(35-47(44)57(58,59)60)37-65-27-16-14-23-48(65)53(69)73-56(8,9)10)70-34-17-15-26-61-50(66)38-62-28-30-63(39-51(67)71-54(2,3)4)32-33-64(31-29-62)40-52(68)72-55(5,6)7/h11-13,18-22,24-25,35-36,48H,14-17,23,26-34,37-40H2,1-10H3,(H,61,66)/b25-24+/t48-/m0/s1. The van der Waals surface area contributed by atoms with Gasteiger partial charge in [-0.05, 0) is 141 Å². The van der Waals surface area contributed by atoms with Crippen molar-refractivity contribution in [1.29, 1.82) is 0 Å². The van der Waals surface area contributed by atoms with E-state index in [2.05, 4.69) is 5.32 Å². The lowest BCUT2D eigenvalue weighted by Crippen LogP contribution is -2.46. The van der Waals surface area contributed by atoms with Crippen molar-refractivity contribution in [2.45, 2.75) is 137 Å². The average molecular weight is 1020 g/mol. The summed E-state index contributed by atoms with van der Waals surface area (Å²) in [5.74, 6) is -1.01. The van der Waals surface area contributed by atoms with Crippen LogP contribution < -0.4 is 10.1 Å². The third-order valence-electron chi connectivity index (χ3n) is 12.4. The molecular weight excluding hydrogens is 940 g/mol. The SMILES string of the molecule is Cc1c(/C=C/c2cc(OCCCCNC(=O)CN3CCN(CC(=O)OC(C)(C)C)CCN(CC(=O)OC(C)(C)C)CC3)c(CN3CCCC[C@H]3C(=O)OC(C)(C)C)cc2C(F)(F)F)cccc1-c1ccccc1. The quantitative estimate of drug-likeness (QED) is 0.0564. The van der Waals surface area contributed by atoms with Crippen LogP contribution in [0.5, 0.6) is 5.75 Å². The molecule has 2 fully saturated rings. The summed E-state index contributed by atoms with van der Waals surface area (Å²) in [4.78, 5) is 60.3. The topological polar surface area (TPSA) is 130 Å². The molecule has 2 aliphatic heterocycles. The van der Waals surface area contributed by atoms with E-state index in [1.165, 1.54) is 12.1 Å². The van der Waals surface area contributed by atoms with Crippen LogP contribution in [0.4, 0.5) is 13.2 Å². The molecule has 73 heavy (non-hydrogen) atoms. The van der Waals surface area contributed by atoms with Crippen LogP contribution in [0.15, 0.2) is 60.7 Å². The van der Waals surface area contributed by atoms with Crippen molar-refractivity contribution in [1.82, 2.24) is 24.9 Å². The summed E-state index contributed by atoms with van der Waals surface area (Å²) in [7, 11) is 0.